The highest BCUT2D eigenvalue weighted by Crippen LogP contribution is 2.27. The second-order valence-corrected chi connectivity index (χ2v) is 5.07. The van der Waals surface area contributed by atoms with Gasteiger partial charge in [0, 0.05) is 6.42 Å². The Morgan fingerprint density at radius 2 is 2.15 bits per heavy atom. The highest BCUT2D eigenvalue weighted by Gasteiger charge is 2.42. The molecule has 0 radical (unpaired) electrons. The van der Waals surface area contributed by atoms with Crippen LogP contribution in [0.5, 0.6) is 5.75 Å². The monoisotopic (exact) mass is 277 g/mol. The molecule has 0 bridgehead atoms. The Bertz CT molecular complexity index is 509. The molecule has 1 N–H and O–H groups in total. The summed E-state index contributed by atoms with van der Waals surface area (Å²) in [6.07, 6.45) is 2.39. The molecule has 1 atom stereocenters. The second-order valence-electron chi connectivity index (χ2n) is 5.07. The first-order valence-corrected chi connectivity index (χ1v) is 6.77. The van der Waals surface area contributed by atoms with Gasteiger partial charge in [0.15, 0.2) is 0 Å². The van der Waals surface area contributed by atoms with E-state index < -0.39 is 11.6 Å². The molecular formula is C15H19NO4. The minimum Gasteiger partial charge on any atom is -0.494 e. The molecule has 0 fully saturated rings. The summed E-state index contributed by atoms with van der Waals surface area (Å²) < 4.78 is 5.58. The molecule has 2 rings (SSSR count). The van der Waals surface area contributed by atoms with Gasteiger partial charge in [0.25, 0.3) is 0 Å². The SMILES string of the molecule is CCCCOc1ccc(C2=NOC(C)(C(=O)O)C2)cc1. The summed E-state index contributed by atoms with van der Waals surface area (Å²) in [6.45, 7) is 4.34. The molecule has 0 amide bonds. The number of aliphatic carboxylic acids is 1. The van der Waals surface area contributed by atoms with Crippen molar-refractivity contribution in [1.82, 2.24) is 0 Å². The molecule has 1 aliphatic rings. The molecule has 1 aromatic carbocycles. The van der Waals surface area contributed by atoms with Crippen molar-refractivity contribution >= 4 is 11.7 Å². The summed E-state index contributed by atoms with van der Waals surface area (Å²) in [5.41, 5.74) is 0.249. The topological polar surface area (TPSA) is 68.1 Å². The zero-order valence-electron chi connectivity index (χ0n) is 11.8. The van der Waals surface area contributed by atoms with Crippen LogP contribution in [0.4, 0.5) is 0 Å². The number of hydrogen-bond donors (Lipinski definition) is 1. The van der Waals surface area contributed by atoms with Crippen LogP contribution in [0.25, 0.3) is 0 Å². The normalized spacial score (nSPS) is 21.2. The minimum absolute atomic E-state index is 0.262. The molecule has 1 aliphatic heterocycles. The minimum atomic E-state index is -1.26. The third kappa shape index (κ3) is 3.10. The van der Waals surface area contributed by atoms with E-state index in [-0.39, 0.29) is 6.42 Å². The fraction of sp³-hybridized carbons (Fsp3) is 0.467. The fourth-order valence-electron chi connectivity index (χ4n) is 1.89. The van der Waals surface area contributed by atoms with Crippen molar-refractivity contribution in [1.29, 1.82) is 0 Å². The molecule has 5 nitrogen and oxygen atoms in total. The van der Waals surface area contributed by atoms with E-state index in [9.17, 15) is 4.79 Å². The van der Waals surface area contributed by atoms with Crippen molar-refractivity contribution in [2.24, 2.45) is 5.16 Å². The molecule has 108 valence electrons. The Morgan fingerprint density at radius 1 is 1.45 bits per heavy atom. The van der Waals surface area contributed by atoms with Crippen molar-refractivity contribution < 1.29 is 19.5 Å². The fourth-order valence-corrected chi connectivity index (χ4v) is 1.89. The number of carboxylic acids is 1. The summed E-state index contributed by atoms with van der Waals surface area (Å²) >= 11 is 0. The van der Waals surface area contributed by atoms with Gasteiger partial charge in [0.05, 0.1) is 12.3 Å². The van der Waals surface area contributed by atoms with Crippen LogP contribution in [0.1, 0.15) is 38.7 Å². The lowest BCUT2D eigenvalue weighted by Gasteiger charge is -2.14. The first-order chi connectivity index (χ1) is 9.55. The van der Waals surface area contributed by atoms with E-state index in [0.29, 0.717) is 12.3 Å². The lowest BCUT2D eigenvalue weighted by molar-refractivity contribution is -0.160. The number of carbonyl (C=O) groups is 1. The molecule has 20 heavy (non-hydrogen) atoms. The summed E-state index contributed by atoms with van der Waals surface area (Å²) in [5, 5.41) is 13.0. The van der Waals surface area contributed by atoms with Gasteiger partial charge in [-0.05, 0) is 43.2 Å². The molecule has 5 heteroatoms. The molecule has 1 aromatic rings. The maximum absolute atomic E-state index is 11.1. The first-order valence-electron chi connectivity index (χ1n) is 6.77. The Balaban J connectivity index is 1.99. The molecule has 0 spiro atoms. The standard InChI is InChI=1S/C15H19NO4/c1-3-4-9-19-12-7-5-11(6-8-12)13-10-15(2,14(17)18)20-16-13/h5-8H,3-4,9-10H2,1-2H3,(H,17,18). The van der Waals surface area contributed by atoms with Crippen LogP contribution in [-0.2, 0) is 9.63 Å². The molecular weight excluding hydrogens is 258 g/mol. The smallest absolute Gasteiger partial charge is 0.351 e. The van der Waals surface area contributed by atoms with Gasteiger partial charge in [-0.25, -0.2) is 4.79 Å². The summed E-state index contributed by atoms with van der Waals surface area (Å²) in [6, 6.07) is 7.47. The molecule has 0 saturated heterocycles. The van der Waals surface area contributed by atoms with Gasteiger partial charge >= 0.3 is 5.97 Å². The maximum atomic E-state index is 11.1. The average Bonchev–Trinajstić information content (AvgIpc) is 2.84. The van der Waals surface area contributed by atoms with Gasteiger partial charge in [-0.15, -0.1) is 0 Å². The summed E-state index contributed by atoms with van der Waals surface area (Å²) in [4.78, 5) is 16.1. The quantitative estimate of drug-likeness (QED) is 0.812. The lowest BCUT2D eigenvalue weighted by atomic mass is 9.96. The van der Waals surface area contributed by atoms with Crippen LogP contribution >= 0.6 is 0 Å². The summed E-state index contributed by atoms with van der Waals surface area (Å²) in [7, 11) is 0. The molecule has 1 unspecified atom stereocenters. The van der Waals surface area contributed by atoms with Gasteiger partial charge in [-0.1, -0.05) is 18.5 Å². The number of ether oxygens (including phenoxy) is 1. The molecule has 1 heterocycles. The highest BCUT2D eigenvalue weighted by atomic mass is 16.7. The number of oxime groups is 1. The van der Waals surface area contributed by atoms with E-state index in [1.807, 2.05) is 24.3 Å². The third-order valence-corrected chi connectivity index (χ3v) is 3.27. The lowest BCUT2D eigenvalue weighted by Crippen LogP contribution is -2.35. The van der Waals surface area contributed by atoms with Crippen molar-refractivity contribution in [3.63, 3.8) is 0 Å². The van der Waals surface area contributed by atoms with Crippen LogP contribution in [0, 0.1) is 0 Å². The van der Waals surface area contributed by atoms with Crippen LogP contribution in [0.3, 0.4) is 0 Å². The van der Waals surface area contributed by atoms with Crippen LogP contribution < -0.4 is 4.74 Å². The van der Waals surface area contributed by atoms with Gasteiger partial charge in [0.2, 0.25) is 5.60 Å². The first kappa shape index (κ1) is 14.4. The van der Waals surface area contributed by atoms with E-state index in [1.54, 1.807) is 0 Å². The maximum Gasteiger partial charge on any atom is 0.351 e. The van der Waals surface area contributed by atoms with Gasteiger partial charge in [-0.2, -0.15) is 0 Å². The van der Waals surface area contributed by atoms with E-state index >= 15 is 0 Å². The van der Waals surface area contributed by atoms with Gasteiger partial charge in [0.1, 0.15) is 5.75 Å². The molecule has 0 saturated carbocycles. The van der Waals surface area contributed by atoms with Crippen LogP contribution in [-0.4, -0.2) is 29.0 Å². The average molecular weight is 277 g/mol. The third-order valence-electron chi connectivity index (χ3n) is 3.27. The molecule has 0 aliphatic carbocycles. The van der Waals surface area contributed by atoms with E-state index in [0.717, 1.165) is 24.2 Å². The van der Waals surface area contributed by atoms with E-state index in [1.165, 1.54) is 6.92 Å². The number of unbranched alkanes of at least 4 members (excludes halogenated alkanes) is 1. The second kappa shape index (κ2) is 5.94. The predicted octanol–water partition coefficient (Wildman–Crippen LogP) is 2.83. The zero-order valence-corrected chi connectivity index (χ0v) is 11.8. The van der Waals surface area contributed by atoms with Crippen molar-refractivity contribution in [3.05, 3.63) is 29.8 Å². The summed E-state index contributed by atoms with van der Waals surface area (Å²) in [5.74, 6) is -0.196. The zero-order chi connectivity index (χ0) is 14.6. The number of rotatable bonds is 6. The van der Waals surface area contributed by atoms with Crippen molar-refractivity contribution in [2.75, 3.05) is 6.61 Å². The Morgan fingerprint density at radius 3 is 2.70 bits per heavy atom. The van der Waals surface area contributed by atoms with Crippen molar-refractivity contribution in [2.45, 2.75) is 38.7 Å². The van der Waals surface area contributed by atoms with Gasteiger partial charge < -0.3 is 14.7 Å². The van der Waals surface area contributed by atoms with E-state index in [4.69, 9.17) is 14.7 Å². The Hall–Kier alpha value is -2.04. The number of benzene rings is 1. The molecule has 0 aromatic heterocycles. The van der Waals surface area contributed by atoms with Crippen LogP contribution in [0.2, 0.25) is 0 Å². The highest BCUT2D eigenvalue weighted by molar-refractivity contribution is 6.04. The van der Waals surface area contributed by atoms with Crippen molar-refractivity contribution in [3.8, 4) is 5.75 Å². The number of carboxylic acid groups (broad SMARTS) is 1. The van der Waals surface area contributed by atoms with E-state index in [2.05, 4.69) is 12.1 Å². The predicted molar refractivity (Wildman–Crippen MR) is 75.1 cm³/mol. The number of nitrogens with zero attached hydrogens (tertiary/aromatic N) is 1. The Labute approximate surface area is 118 Å². The van der Waals surface area contributed by atoms with Gasteiger partial charge in [-0.3, -0.25) is 0 Å². The number of hydrogen-bond acceptors (Lipinski definition) is 4. The largest absolute Gasteiger partial charge is 0.494 e. The van der Waals surface area contributed by atoms with Crippen LogP contribution in [0.15, 0.2) is 29.4 Å². The Kier molecular flexibility index (Phi) is 4.27.